The standard InChI is InChI=1S/C12H14F3NO3S/c13-12(14,15)8-19-11-3-1-9(2-4-11)16-10-5-6-20(17,18)7-10/h1-4,10,16H,5-8H2. The zero-order chi connectivity index (χ0) is 14.8. The van der Waals surface area contributed by atoms with Crippen molar-refractivity contribution in [1.82, 2.24) is 0 Å². The van der Waals surface area contributed by atoms with Gasteiger partial charge in [-0.05, 0) is 30.7 Å². The van der Waals surface area contributed by atoms with Crippen LogP contribution >= 0.6 is 0 Å². The number of sulfone groups is 1. The third-order valence-corrected chi connectivity index (χ3v) is 4.63. The second-order valence-corrected chi connectivity index (χ2v) is 6.90. The summed E-state index contributed by atoms with van der Waals surface area (Å²) in [6, 6.07) is 5.81. The second kappa shape index (κ2) is 5.51. The molecule has 0 aliphatic carbocycles. The Kier molecular flexibility index (Phi) is 4.12. The van der Waals surface area contributed by atoms with E-state index in [1.165, 1.54) is 12.1 Å². The lowest BCUT2D eigenvalue weighted by molar-refractivity contribution is -0.153. The molecule has 20 heavy (non-hydrogen) atoms. The molecule has 2 rings (SSSR count). The van der Waals surface area contributed by atoms with Crippen LogP contribution in [0.4, 0.5) is 18.9 Å². The highest BCUT2D eigenvalue weighted by atomic mass is 32.2. The van der Waals surface area contributed by atoms with Crippen LogP contribution in [-0.2, 0) is 9.84 Å². The fourth-order valence-corrected chi connectivity index (χ4v) is 3.63. The van der Waals surface area contributed by atoms with Crippen molar-refractivity contribution < 1.29 is 26.3 Å². The SMILES string of the molecule is O=S1(=O)CCC(Nc2ccc(OCC(F)(F)F)cc2)C1. The molecular formula is C12H14F3NO3S. The summed E-state index contributed by atoms with van der Waals surface area (Å²) < 4.78 is 63.1. The van der Waals surface area contributed by atoms with Gasteiger partial charge in [0.1, 0.15) is 5.75 Å². The highest BCUT2D eigenvalue weighted by molar-refractivity contribution is 7.91. The number of alkyl halides is 3. The molecule has 4 nitrogen and oxygen atoms in total. The molecule has 0 bridgehead atoms. The van der Waals surface area contributed by atoms with Gasteiger partial charge in [-0.1, -0.05) is 0 Å². The van der Waals surface area contributed by atoms with Gasteiger partial charge in [0.15, 0.2) is 16.4 Å². The summed E-state index contributed by atoms with van der Waals surface area (Å²) in [4.78, 5) is 0. The minimum atomic E-state index is -4.37. The molecular weight excluding hydrogens is 295 g/mol. The van der Waals surface area contributed by atoms with Gasteiger partial charge in [-0.15, -0.1) is 0 Å². The number of hydrogen-bond acceptors (Lipinski definition) is 4. The first kappa shape index (κ1) is 15.0. The highest BCUT2D eigenvalue weighted by Crippen LogP contribution is 2.22. The van der Waals surface area contributed by atoms with Gasteiger partial charge in [-0.2, -0.15) is 13.2 Å². The largest absolute Gasteiger partial charge is 0.484 e. The van der Waals surface area contributed by atoms with Crippen molar-refractivity contribution in [3.63, 3.8) is 0 Å². The topological polar surface area (TPSA) is 55.4 Å². The number of benzene rings is 1. The van der Waals surface area contributed by atoms with Gasteiger partial charge in [0, 0.05) is 11.7 Å². The van der Waals surface area contributed by atoms with E-state index in [-0.39, 0.29) is 23.3 Å². The van der Waals surface area contributed by atoms with E-state index in [4.69, 9.17) is 0 Å². The Morgan fingerprint density at radius 1 is 1.25 bits per heavy atom. The van der Waals surface area contributed by atoms with Gasteiger partial charge in [0.05, 0.1) is 11.5 Å². The average molecular weight is 309 g/mol. The molecule has 1 fully saturated rings. The van der Waals surface area contributed by atoms with E-state index in [1.807, 2.05) is 0 Å². The number of nitrogens with one attached hydrogen (secondary N) is 1. The Morgan fingerprint density at radius 2 is 1.90 bits per heavy atom. The summed E-state index contributed by atoms with van der Waals surface area (Å²) in [5, 5.41) is 3.04. The van der Waals surface area contributed by atoms with Crippen LogP contribution in [0.3, 0.4) is 0 Å². The van der Waals surface area contributed by atoms with Crippen LogP contribution in [0, 0.1) is 0 Å². The van der Waals surface area contributed by atoms with E-state index in [2.05, 4.69) is 10.1 Å². The van der Waals surface area contributed by atoms with E-state index in [1.54, 1.807) is 12.1 Å². The van der Waals surface area contributed by atoms with Crippen molar-refractivity contribution in [3.05, 3.63) is 24.3 Å². The van der Waals surface area contributed by atoms with Crippen LogP contribution in [0.25, 0.3) is 0 Å². The smallest absolute Gasteiger partial charge is 0.422 e. The van der Waals surface area contributed by atoms with Crippen LogP contribution in [0.15, 0.2) is 24.3 Å². The van der Waals surface area contributed by atoms with E-state index in [0.717, 1.165) is 0 Å². The minimum Gasteiger partial charge on any atom is -0.484 e. The first-order valence-corrected chi connectivity index (χ1v) is 7.82. The van der Waals surface area contributed by atoms with Crippen molar-refractivity contribution in [2.24, 2.45) is 0 Å². The van der Waals surface area contributed by atoms with E-state index < -0.39 is 22.6 Å². The van der Waals surface area contributed by atoms with Crippen molar-refractivity contribution in [2.75, 3.05) is 23.4 Å². The molecule has 1 heterocycles. The number of hydrogen-bond donors (Lipinski definition) is 1. The van der Waals surface area contributed by atoms with E-state index in [0.29, 0.717) is 12.1 Å². The molecule has 1 unspecified atom stereocenters. The molecule has 112 valence electrons. The third kappa shape index (κ3) is 4.59. The number of rotatable bonds is 4. The zero-order valence-electron chi connectivity index (χ0n) is 10.5. The third-order valence-electron chi connectivity index (χ3n) is 2.86. The fraction of sp³-hybridized carbons (Fsp3) is 0.500. The minimum absolute atomic E-state index is 0.0827. The van der Waals surface area contributed by atoms with Crippen LogP contribution in [0.5, 0.6) is 5.75 Å². The zero-order valence-corrected chi connectivity index (χ0v) is 11.3. The van der Waals surface area contributed by atoms with Crippen molar-refractivity contribution in [1.29, 1.82) is 0 Å². The van der Waals surface area contributed by atoms with Crippen LogP contribution in [0.2, 0.25) is 0 Å². The Labute approximate surface area is 114 Å². The van der Waals surface area contributed by atoms with Crippen molar-refractivity contribution in [3.8, 4) is 5.75 Å². The number of halogens is 3. The molecule has 0 amide bonds. The summed E-state index contributed by atoms with van der Waals surface area (Å²) in [7, 11) is -2.96. The maximum Gasteiger partial charge on any atom is 0.422 e. The Balaban J connectivity index is 1.89. The molecule has 1 saturated heterocycles. The van der Waals surface area contributed by atoms with Gasteiger partial charge in [-0.3, -0.25) is 0 Å². The molecule has 1 aromatic rings. The summed E-state index contributed by atoms with van der Waals surface area (Å²) in [6.07, 6.45) is -3.83. The average Bonchev–Trinajstić information content (AvgIpc) is 2.67. The summed E-state index contributed by atoms with van der Waals surface area (Å²) >= 11 is 0. The molecule has 1 N–H and O–H groups in total. The number of ether oxygens (including phenoxy) is 1. The highest BCUT2D eigenvalue weighted by Gasteiger charge is 2.29. The van der Waals surface area contributed by atoms with Crippen LogP contribution < -0.4 is 10.1 Å². The van der Waals surface area contributed by atoms with Crippen molar-refractivity contribution >= 4 is 15.5 Å². The molecule has 8 heteroatoms. The van der Waals surface area contributed by atoms with E-state index in [9.17, 15) is 21.6 Å². The maximum absolute atomic E-state index is 12.0. The molecule has 1 aliphatic heterocycles. The quantitative estimate of drug-likeness (QED) is 0.926. The first-order valence-electron chi connectivity index (χ1n) is 6.00. The predicted molar refractivity (Wildman–Crippen MR) is 68.7 cm³/mol. The molecule has 1 atom stereocenters. The van der Waals surface area contributed by atoms with Gasteiger partial charge in [-0.25, -0.2) is 8.42 Å². The fourth-order valence-electron chi connectivity index (χ4n) is 1.96. The molecule has 0 aromatic heterocycles. The molecule has 0 saturated carbocycles. The molecule has 0 spiro atoms. The first-order chi connectivity index (χ1) is 9.23. The van der Waals surface area contributed by atoms with Crippen LogP contribution in [-0.4, -0.2) is 38.7 Å². The predicted octanol–water partition coefficient (Wildman–Crippen LogP) is 2.23. The molecule has 1 aliphatic rings. The molecule has 0 radical (unpaired) electrons. The summed E-state index contributed by atoms with van der Waals surface area (Å²) in [5.74, 6) is 0.364. The Bertz CT molecular complexity index is 554. The second-order valence-electron chi connectivity index (χ2n) is 4.67. The van der Waals surface area contributed by atoms with E-state index >= 15 is 0 Å². The van der Waals surface area contributed by atoms with Gasteiger partial charge in [0.25, 0.3) is 0 Å². The van der Waals surface area contributed by atoms with Gasteiger partial charge >= 0.3 is 6.18 Å². The van der Waals surface area contributed by atoms with Crippen molar-refractivity contribution in [2.45, 2.75) is 18.6 Å². The monoisotopic (exact) mass is 309 g/mol. The van der Waals surface area contributed by atoms with Gasteiger partial charge < -0.3 is 10.1 Å². The Morgan fingerprint density at radius 3 is 2.40 bits per heavy atom. The lowest BCUT2D eigenvalue weighted by Gasteiger charge is -2.13. The summed E-state index contributed by atoms with van der Waals surface area (Å²) in [6.45, 7) is -1.33. The normalized spacial score (nSPS) is 21.6. The lowest BCUT2D eigenvalue weighted by atomic mass is 10.2. The van der Waals surface area contributed by atoms with Crippen LogP contribution in [0.1, 0.15) is 6.42 Å². The molecule has 1 aromatic carbocycles. The number of anilines is 1. The lowest BCUT2D eigenvalue weighted by Crippen LogP contribution is -2.20. The van der Waals surface area contributed by atoms with Gasteiger partial charge in [0.2, 0.25) is 0 Å². The maximum atomic E-state index is 12.0. The Hall–Kier alpha value is -1.44. The summed E-state index contributed by atoms with van der Waals surface area (Å²) in [5.41, 5.74) is 0.659.